The Bertz CT molecular complexity index is 1050. The number of aromatic nitrogens is 1. The van der Waals surface area contributed by atoms with Crippen molar-refractivity contribution < 1.29 is 13.6 Å². The van der Waals surface area contributed by atoms with Crippen molar-refractivity contribution in [2.45, 2.75) is 27.3 Å². The molecule has 0 unspecified atom stereocenters. The lowest BCUT2D eigenvalue weighted by atomic mass is 10.2. The smallest absolute Gasteiger partial charge is 0.272 e. The molecule has 0 aliphatic carbocycles. The number of amides is 1. The zero-order valence-corrected chi connectivity index (χ0v) is 17.5. The summed E-state index contributed by atoms with van der Waals surface area (Å²) in [6, 6.07) is 15.8. The summed E-state index contributed by atoms with van der Waals surface area (Å²) in [6.45, 7) is 4.24. The summed E-state index contributed by atoms with van der Waals surface area (Å²) < 4.78 is 28.4. The normalized spacial score (nSPS) is 11.8. The summed E-state index contributed by atoms with van der Waals surface area (Å²) in [5.41, 5.74) is 7.99. The molecule has 1 heterocycles. The van der Waals surface area contributed by atoms with Crippen LogP contribution in [0.5, 0.6) is 0 Å². The predicted molar refractivity (Wildman–Crippen MR) is 121 cm³/mol. The molecular weight excluding hydrogens is 384 g/mol. The number of nitrogens with one attached hydrogen (secondary N) is 1. The molecule has 158 valence electrons. The molecular formula is C24H27F2N3O. The van der Waals surface area contributed by atoms with Gasteiger partial charge in [0.05, 0.1) is 0 Å². The number of nitrogen functional groups attached to an aromatic ring is 1. The van der Waals surface area contributed by atoms with Gasteiger partial charge >= 0.3 is 0 Å². The molecule has 0 spiro atoms. The Labute approximate surface area is 175 Å². The van der Waals surface area contributed by atoms with E-state index in [0.717, 1.165) is 5.39 Å². The maximum absolute atomic E-state index is 13.6. The van der Waals surface area contributed by atoms with E-state index in [2.05, 4.69) is 5.32 Å². The van der Waals surface area contributed by atoms with Crippen LogP contribution in [0.1, 0.15) is 31.3 Å². The number of allylic oxidation sites excluding steroid dienone is 4. The molecule has 6 heteroatoms. The van der Waals surface area contributed by atoms with Gasteiger partial charge in [0.1, 0.15) is 18.2 Å². The van der Waals surface area contributed by atoms with Gasteiger partial charge in [0, 0.05) is 34.4 Å². The third-order valence-corrected chi connectivity index (χ3v) is 4.52. The highest BCUT2D eigenvalue weighted by molar-refractivity contribution is 6.06. The van der Waals surface area contributed by atoms with Crippen molar-refractivity contribution in [3.05, 3.63) is 83.8 Å². The lowest BCUT2D eigenvalue weighted by Crippen LogP contribution is -2.18. The number of fused-ring (bicyclic) bond motifs is 1. The highest BCUT2D eigenvalue weighted by Crippen LogP contribution is 2.25. The minimum absolute atomic E-state index is 0.00640. The van der Waals surface area contributed by atoms with Crippen molar-refractivity contribution in [1.29, 1.82) is 0 Å². The van der Waals surface area contributed by atoms with Crippen LogP contribution < -0.4 is 11.1 Å². The largest absolute Gasteiger partial charge is 0.399 e. The van der Waals surface area contributed by atoms with Crippen LogP contribution in [-0.2, 0) is 6.54 Å². The number of para-hydroxylation sites is 1. The van der Waals surface area contributed by atoms with Gasteiger partial charge in [-0.15, -0.1) is 0 Å². The maximum atomic E-state index is 13.6. The first-order valence-electron chi connectivity index (χ1n) is 9.63. The second-order valence-corrected chi connectivity index (χ2v) is 6.69. The number of anilines is 2. The number of nitrogens with two attached hydrogens (primary N) is 1. The van der Waals surface area contributed by atoms with Gasteiger partial charge in [-0.25, -0.2) is 8.78 Å². The van der Waals surface area contributed by atoms with Gasteiger partial charge in [-0.1, -0.05) is 30.4 Å². The van der Waals surface area contributed by atoms with Gasteiger partial charge in [0.2, 0.25) is 0 Å². The van der Waals surface area contributed by atoms with Crippen molar-refractivity contribution in [1.82, 2.24) is 4.57 Å². The highest BCUT2D eigenvalue weighted by Gasteiger charge is 2.18. The molecule has 0 aliphatic rings. The van der Waals surface area contributed by atoms with Crippen molar-refractivity contribution in [2.24, 2.45) is 0 Å². The zero-order chi connectivity index (χ0) is 22.1. The quantitative estimate of drug-likeness (QED) is 0.384. The number of halogens is 2. The fourth-order valence-electron chi connectivity index (χ4n) is 2.80. The van der Waals surface area contributed by atoms with Crippen LogP contribution >= 0.6 is 0 Å². The molecule has 0 saturated carbocycles. The molecule has 30 heavy (non-hydrogen) atoms. The average molecular weight is 411 g/mol. The van der Waals surface area contributed by atoms with Crippen LogP contribution in [0.4, 0.5) is 20.2 Å². The first kappa shape index (κ1) is 22.9. The molecule has 3 aromatic rings. The van der Waals surface area contributed by atoms with Crippen molar-refractivity contribution in [2.75, 3.05) is 17.7 Å². The number of alkyl halides is 1. The lowest BCUT2D eigenvalue weighted by molar-refractivity contribution is 0.101. The Kier molecular flexibility index (Phi) is 8.35. The number of rotatable bonds is 5. The number of hydrogen-bond acceptors (Lipinski definition) is 2. The molecule has 0 bridgehead atoms. The van der Waals surface area contributed by atoms with E-state index >= 15 is 0 Å². The molecule has 0 aliphatic heterocycles. The van der Waals surface area contributed by atoms with Gasteiger partial charge in [-0.2, -0.15) is 0 Å². The van der Waals surface area contributed by atoms with Crippen LogP contribution in [0, 0.1) is 0 Å². The molecule has 4 nitrogen and oxygen atoms in total. The highest BCUT2D eigenvalue weighted by atomic mass is 19.1. The second kappa shape index (κ2) is 11.0. The van der Waals surface area contributed by atoms with E-state index in [9.17, 15) is 13.6 Å². The molecule has 0 atom stereocenters. The maximum Gasteiger partial charge on any atom is 0.272 e. The topological polar surface area (TPSA) is 60.0 Å². The van der Waals surface area contributed by atoms with Gasteiger partial charge in [-0.3, -0.25) is 4.79 Å². The van der Waals surface area contributed by atoms with E-state index < -0.39 is 12.5 Å². The molecule has 1 amide bonds. The number of nitrogens with zero attached hydrogens (tertiary/aromatic N) is 1. The minimum atomic E-state index is -0.920. The Morgan fingerprint density at radius 3 is 2.33 bits per heavy atom. The summed E-state index contributed by atoms with van der Waals surface area (Å²) in [4.78, 5) is 12.8. The second-order valence-electron chi connectivity index (χ2n) is 6.69. The van der Waals surface area contributed by atoms with Crippen LogP contribution in [0.3, 0.4) is 0 Å². The van der Waals surface area contributed by atoms with E-state index in [0.29, 0.717) is 22.6 Å². The fourth-order valence-corrected chi connectivity index (χ4v) is 2.80. The van der Waals surface area contributed by atoms with Gasteiger partial charge < -0.3 is 15.6 Å². The minimum Gasteiger partial charge on any atom is -0.399 e. The Balaban J connectivity index is 0.000000735. The van der Waals surface area contributed by atoms with Crippen LogP contribution in [0.2, 0.25) is 0 Å². The van der Waals surface area contributed by atoms with Crippen molar-refractivity contribution in [3.63, 3.8) is 0 Å². The SMILES string of the molecule is C/C(F)=C(\CF)Cn1c(C(=O)Nc2ccccc2)cc2cc(N)ccc21.C/C=C\C. The molecule has 0 radical (unpaired) electrons. The first-order chi connectivity index (χ1) is 14.4. The van der Waals surface area contributed by atoms with Gasteiger partial charge in [-0.05, 0) is 57.2 Å². The summed E-state index contributed by atoms with van der Waals surface area (Å²) in [5, 5.41) is 3.53. The molecule has 3 rings (SSSR count). The monoisotopic (exact) mass is 411 g/mol. The standard InChI is InChI=1S/C20H19F2N3O.C4H8/c1-13(22)15(11-21)12-25-18-8-7-16(23)9-14(18)10-19(25)20(26)24-17-5-3-2-4-6-17;1-3-4-2/h2-10H,11-12,23H2,1H3,(H,24,26);3-4H,1-2H3/b15-13-;4-3-. The molecule has 2 aromatic carbocycles. The number of benzene rings is 2. The Morgan fingerprint density at radius 1 is 1.10 bits per heavy atom. The van der Waals surface area contributed by atoms with Crippen LogP contribution in [0.15, 0.2) is 78.1 Å². The van der Waals surface area contributed by atoms with Crippen LogP contribution in [-0.4, -0.2) is 17.1 Å². The van der Waals surface area contributed by atoms with Crippen LogP contribution in [0.25, 0.3) is 10.9 Å². The average Bonchev–Trinajstić information content (AvgIpc) is 3.10. The van der Waals surface area contributed by atoms with Gasteiger partial charge in [0.25, 0.3) is 5.91 Å². The molecule has 0 saturated heterocycles. The summed E-state index contributed by atoms with van der Waals surface area (Å²) in [7, 11) is 0. The van der Waals surface area contributed by atoms with E-state index in [1.807, 2.05) is 44.2 Å². The molecule has 0 fully saturated rings. The third-order valence-electron chi connectivity index (χ3n) is 4.52. The van der Waals surface area contributed by atoms with E-state index in [1.165, 1.54) is 6.92 Å². The van der Waals surface area contributed by atoms with E-state index in [1.54, 1.807) is 41.0 Å². The first-order valence-corrected chi connectivity index (χ1v) is 9.63. The molecule has 3 N–H and O–H groups in total. The zero-order valence-electron chi connectivity index (χ0n) is 17.5. The third kappa shape index (κ3) is 5.80. The van der Waals surface area contributed by atoms with Crippen molar-refractivity contribution in [3.8, 4) is 0 Å². The summed E-state index contributed by atoms with van der Waals surface area (Å²) >= 11 is 0. The van der Waals surface area contributed by atoms with E-state index in [4.69, 9.17) is 5.73 Å². The number of carbonyl (C=O) groups is 1. The number of carbonyl (C=O) groups excluding carboxylic acids is 1. The predicted octanol–water partition coefficient (Wildman–Crippen LogP) is 6.27. The lowest BCUT2D eigenvalue weighted by Gasteiger charge is -2.12. The van der Waals surface area contributed by atoms with Crippen molar-refractivity contribution >= 4 is 28.2 Å². The Hall–Kier alpha value is -3.41. The summed E-state index contributed by atoms with van der Waals surface area (Å²) in [6.07, 6.45) is 4.00. The van der Waals surface area contributed by atoms with Gasteiger partial charge in [0.15, 0.2) is 0 Å². The Morgan fingerprint density at radius 2 is 1.77 bits per heavy atom. The van der Waals surface area contributed by atoms with E-state index in [-0.39, 0.29) is 18.0 Å². The fraction of sp³-hybridized carbons (Fsp3) is 0.208. The molecule has 1 aromatic heterocycles. The summed E-state index contributed by atoms with van der Waals surface area (Å²) in [5.74, 6) is -0.945. The number of hydrogen-bond donors (Lipinski definition) is 2.